The van der Waals surface area contributed by atoms with Crippen molar-refractivity contribution in [3.05, 3.63) is 39.7 Å². The lowest BCUT2D eigenvalue weighted by molar-refractivity contribution is -0.137. The van der Waals surface area contributed by atoms with Gasteiger partial charge in [-0.05, 0) is 72.9 Å². The number of hydrogen-bond acceptors (Lipinski definition) is 5. The smallest absolute Gasteiger partial charge is 0.303 e. The predicted molar refractivity (Wildman–Crippen MR) is 114 cm³/mol. The number of carboxylic acids is 1. The standard InChI is InChI=1S/C21H27BrO5S/c1-14-18(22)12-21(28-14)27-13-16(23)10-8-15-9-11-19(24)17(15)6-4-2-3-5-7-20(25)26/h2,4,8,10,12,15,17,19,24H,3,5-7,9,11,13H2,1H3,(H,25,26)/b4-2-,10-8+/t15-,17+,19?/m0/s1. The molecule has 3 atom stereocenters. The van der Waals surface area contributed by atoms with Crippen LogP contribution in [0.15, 0.2) is 34.8 Å². The Hall–Kier alpha value is -1.44. The van der Waals surface area contributed by atoms with Gasteiger partial charge < -0.3 is 14.9 Å². The molecule has 1 aromatic heterocycles. The maximum Gasteiger partial charge on any atom is 0.303 e. The molecule has 1 aliphatic rings. The zero-order chi connectivity index (χ0) is 20.5. The predicted octanol–water partition coefficient (Wildman–Crippen LogP) is 4.91. The highest BCUT2D eigenvalue weighted by Gasteiger charge is 2.32. The van der Waals surface area contributed by atoms with Gasteiger partial charge in [0.1, 0.15) is 0 Å². The Morgan fingerprint density at radius 1 is 1.36 bits per heavy atom. The topological polar surface area (TPSA) is 83.8 Å². The Morgan fingerprint density at radius 2 is 2.14 bits per heavy atom. The number of ether oxygens (including phenoxy) is 1. The van der Waals surface area contributed by atoms with Gasteiger partial charge in [0.2, 0.25) is 0 Å². The summed E-state index contributed by atoms with van der Waals surface area (Å²) in [6, 6.07) is 1.86. The number of carboxylic acid groups (broad SMARTS) is 1. The molecule has 1 saturated carbocycles. The molecular weight excluding hydrogens is 444 g/mol. The Bertz CT molecular complexity index is 705. The average Bonchev–Trinajstić information content (AvgIpc) is 3.16. The van der Waals surface area contributed by atoms with Crippen LogP contribution >= 0.6 is 27.3 Å². The molecule has 1 fully saturated rings. The van der Waals surface area contributed by atoms with Gasteiger partial charge in [-0.1, -0.05) is 18.2 Å². The van der Waals surface area contributed by atoms with E-state index < -0.39 is 5.97 Å². The first-order chi connectivity index (χ1) is 13.4. The summed E-state index contributed by atoms with van der Waals surface area (Å²) in [5.41, 5.74) is 0. The first kappa shape index (κ1) is 22.8. The quantitative estimate of drug-likeness (QED) is 0.272. The second-order valence-corrected chi connectivity index (χ2v) is 9.12. The summed E-state index contributed by atoms with van der Waals surface area (Å²) in [6.45, 7) is 1.99. The van der Waals surface area contributed by atoms with Gasteiger partial charge in [-0.3, -0.25) is 9.59 Å². The van der Waals surface area contributed by atoms with E-state index in [1.165, 1.54) is 11.3 Å². The van der Waals surface area contributed by atoms with Crippen molar-refractivity contribution in [1.29, 1.82) is 0 Å². The largest absolute Gasteiger partial charge is 0.481 e. The van der Waals surface area contributed by atoms with Gasteiger partial charge in [-0.15, -0.1) is 11.3 Å². The average molecular weight is 471 g/mol. The molecule has 2 N–H and O–H groups in total. The van der Waals surface area contributed by atoms with Crippen LogP contribution in [-0.2, 0) is 9.59 Å². The van der Waals surface area contributed by atoms with Gasteiger partial charge in [0.05, 0.1) is 6.10 Å². The molecule has 1 heterocycles. The van der Waals surface area contributed by atoms with E-state index in [9.17, 15) is 14.7 Å². The van der Waals surface area contributed by atoms with Crippen LogP contribution in [0.5, 0.6) is 5.06 Å². The number of carbonyl (C=O) groups is 2. The molecule has 1 aliphatic carbocycles. The number of allylic oxidation sites excluding steroid dienone is 3. The first-order valence-electron chi connectivity index (χ1n) is 9.51. The van der Waals surface area contributed by atoms with Gasteiger partial charge in [-0.25, -0.2) is 0 Å². The van der Waals surface area contributed by atoms with Crippen molar-refractivity contribution in [3.8, 4) is 5.06 Å². The van der Waals surface area contributed by atoms with Crippen molar-refractivity contribution in [2.75, 3.05) is 6.61 Å². The maximum absolute atomic E-state index is 12.1. The van der Waals surface area contributed by atoms with E-state index in [2.05, 4.69) is 15.9 Å². The molecule has 0 saturated heterocycles. The third kappa shape index (κ3) is 7.53. The summed E-state index contributed by atoms with van der Waals surface area (Å²) in [7, 11) is 0. The van der Waals surface area contributed by atoms with E-state index >= 15 is 0 Å². The van der Waals surface area contributed by atoms with E-state index in [0.29, 0.717) is 11.5 Å². The maximum atomic E-state index is 12.1. The van der Waals surface area contributed by atoms with E-state index in [1.807, 2.05) is 31.2 Å². The van der Waals surface area contributed by atoms with Gasteiger partial charge in [0.25, 0.3) is 0 Å². The first-order valence-corrected chi connectivity index (χ1v) is 11.1. The Morgan fingerprint density at radius 3 is 2.82 bits per heavy atom. The number of hydrogen-bond donors (Lipinski definition) is 2. The lowest BCUT2D eigenvalue weighted by atomic mass is 9.90. The third-order valence-electron chi connectivity index (χ3n) is 4.90. The molecule has 0 amide bonds. The van der Waals surface area contributed by atoms with Crippen LogP contribution in [0, 0.1) is 18.8 Å². The molecule has 0 bridgehead atoms. The fourth-order valence-corrected chi connectivity index (χ4v) is 4.67. The number of aliphatic carboxylic acids is 1. The third-order valence-corrected chi connectivity index (χ3v) is 6.95. The lowest BCUT2D eigenvalue weighted by Gasteiger charge is -2.17. The molecule has 0 spiro atoms. The molecule has 1 unspecified atom stereocenters. The fraction of sp³-hybridized carbons (Fsp3) is 0.524. The van der Waals surface area contributed by atoms with Crippen molar-refractivity contribution in [2.24, 2.45) is 11.8 Å². The number of aliphatic hydroxyl groups is 1. The summed E-state index contributed by atoms with van der Waals surface area (Å²) < 4.78 is 6.52. The van der Waals surface area contributed by atoms with Gasteiger partial charge in [0, 0.05) is 21.8 Å². The molecule has 28 heavy (non-hydrogen) atoms. The summed E-state index contributed by atoms with van der Waals surface area (Å²) in [5.74, 6) is -0.607. The summed E-state index contributed by atoms with van der Waals surface area (Å²) in [5, 5.41) is 19.6. The van der Waals surface area contributed by atoms with E-state index in [4.69, 9.17) is 9.84 Å². The second-order valence-electron chi connectivity index (χ2n) is 7.05. The number of aliphatic hydroxyl groups excluding tert-OH is 1. The van der Waals surface area contributed by atoms with Gasteiger partial charge in [0.15, 0.2) is 17.5 Å². The number of rotatable bonds is 11. The molecule has 0 aliphatic heterocycles. The lowest BCUT2D eigenvalue weighted by Crippen LogP contribution is -2.17. The summed E-state index contributed by atoms with van der Waals surface area (Å²) >= 11 is 4.93. The zero-order valence-corrected chi connectivity index (χ0v) is 18.4. The minimum Gasteiger partial charge on any atom is -0.481 e. The Balaban J connectivity index is 1.77. The molecule has 2 rings (SSSR count). The van der Waals surface area contributed by atoms with Gasteiger partial charge >= 0.3 is 5.97 Å². The van der Waals surface area contributed by atoms with Crippen molar-refractivity contribution in [1.82, 2.24) is 0 Å². The molecule has 7 heteroatoms. The van der Waals surface area contributed by atoms with Crippen molar-refractivity contribution in [2.45, 2.75) is 51.6 Å². The molecule has 154 valence electrons. The van der Waals surface area contributed by atoms with Crippen LogP contribution < -0.4 is 4.74 Å². The highest BCUT2D eigenvalue weighted by molar-refractivity contribution is 9.10. The molecular formula is C21H27BrO5S. The van der Waals surface area contributed by atoms with Crippen LogP contribution in [0.4, 0.5) is 0 Å². The molecule has 0 aromatic carbocycles. The number of aryl methyl sites for hydroxylation is 1. The zero-order valence-electron chi connectivity index (χ0n) is 16.0. The summed E-state index contributed by atoms with van der Waals surface area (Å²) in [6.07, 6.45) is 11.0. The number of carbonyl (C=O) groups excluding carboxylic acids is 1. The summed E-state index contributed by atoms with van der Waals surface area (Å²) in [4.78, 5) is 23.7. The van der Waals surface area contributed by atoms with Crippen molar-refractivity contribution < 1.29 is 24.5 Å². The number of ketones is 1. The van der Waals surface area contributed by atoms with Crippen molar-refractivity contribution in [3.63, 3.8) is 0 Å². The fourth-order valence-electron chi connectivity index (χ4n) is 3.32. The SMILES string of the molecule is Cc1sc(OCC(=O)/C=C/[C@H]2CCC(O)[C@@H]2C/C=C\CCCC(=O)O)cc1Br. The minimum absolute atomic E-state index is 0.00626. The molecule has 5 nitrogen and oxygen atoms in total. The Labute approximate surface area is 178 Å². The van der Waals surface area contributed by atoms with Crippen LogP contribution in [-0.4, -0.2) is 34.7 Å². The van der Waals surface area contributed by atoms with Crippen LogP contribution in [0.3, 0.4) is 0 Å². The number of unbranched alkanes of at least 4 members (excludes halogenated alkanes) is 1. The monoisotopic (exact) mass is 470 g/mol. The van der Waals surface area contributed by atoms with Gasteiger partial charge in [-0.2, -0.15) is 0 Å². The Kier molecular flexibility index (Phi) is 9.41. The van der Waals surface area contributed by atoms with E-state index in [-0.39, 0.29) is 36.8 Å². The number of halogens is 1. The van der Waals surface area contributed by atoms with Crippen LogP contribution in [0.2, 0.25) is 0 Å². The van der Waals surface area contributed by atoms with Crippen LogP contribution in [0.25, 0.3) is 0 Å². The molecule has 1 aromatic rings. The highest BCUT2D eigenvalue weighted by atomic mass is 79.9. The number of thiophene rings is 1. The van der Waals surface area contributed by atoms with E-state index in [1.54, 1.807) is 6.08 Å². The minimum atomic E-state index is -0.777. The van der Waals surface area contributed by atoms with E-state index in [0.717, 1.165) is 35.0 Å². The highest BCUT2D eigenvalue weighted by Crippen LogP contribution is 2.36. The molecule has 0 radical (unpaired) electrons. The normalized spacial score (nSPS) is 22.3. The van der Waals surface area contributed by atoms with Crippen LogP contribution in [0.1, 0.15) is 43.4 Å². The second kappa shape index (κ2) is 11.5. The van der Waals surface area contributed by atoms with Crippen molar-refractivity contribution >= 4 is 39.0 Å².